The molecule has 1 fully saturated rings. The average Bonchev–Trinajstić information content (AvgIpc) is 3.47. The van der Waals surface area contributed by atoms with Crippen LogP contribution in [0.3, 0.4) is 0 Å². The highest BCUT2D eigenvalue weighted by Gasteiger charge is 2.30. The van der Waals surface area contributed by atoms with Crippen molar-refractivity contribution in [1.29, 1.82) is 0 Å². The van der Waals surface area contributed by atoms with Gasteiger partial charge in [-0.2, -0.15) is 0 Å². The normalized spacial score (nSPS) is 13.3. The van der Waals surface area contributed by atoms with Crippen LogP contribution in [-0.2, 0) is 4.79 Å². The van der Waals surface area contributed by atoms with E-state index in [2.05, 4.69) is 5.32 Å². The molecule has 26 heavy (non-hydrogen) atoms. The van der Waals surface area contributed by atoms with Gasteiger partial charge < -0.3 is 5.32 Å². The summed E-state index contributed by atoms with van der Waals surface area (Å²) >= 11 is 0. The molecule has 1 N–H and O–H groups in total. The van der Waals surface area contributed by atoms with Gasteiger partial charge in [0.15, 0.2) is 11.6 Å². The van der Waals surface area contributed by atoms with Crippen LogP contribution in [0, 0.1) is 11.7 Å². The number of rotatable bonds is 8. The first-order valence-corrected chi connectivity index (χ1v) is 8.76. The van der Waals surface area contributed by atoms with E-state index in [1.54, 1.807) is 24.3 Å². The Balaban J connectivity index is 1.43. The lowest BCUT2D eigenvalue weighted by atomic mass is 10.1. The molecule has 134 valence electrons. The van der Waals surface area contributed by atoms with Crippen molar-refractivity contribution in [2.45, 2.75) is 32.1 Å². The van der Waals surface area contributed by atoms with Gasteiger partial charge >= 0.3 is 0 Å². The molecule has 0 unspecified atom stereocenters. The summed E-state index contributed by atoms with van der Waals surface area (Å²) in [5.74, 6) is -0.332. The van der Waals surface area contributed by atoms with E-state index in [1.165, 1.54) is 24.3 Å². The van der Waals surface area contributed by atoms with Gasteiger partial charge in [0.05, 0.1) is 0 Å². The molecule has 0 heterocycles. The number of amides is 1. The molecule has 1 saturated carbocycles. The number of anilines is 1. The predicted octanol–water partition coefficient (Wildman–Crippen LogP) is 4.41. The minimum absolute atomic E-state index is 0.110. The molecule has 3 rings (SSSR count). The van der Waals surface area contributed by atoms with E-state index < -0.39 is 0 Å². The van der Waals surface area contributed by atoms with E-state index in [4.69, 9.17) is 0 Å². The number of Topliss-reactive ketones (excluding diaryl/α,β-unsaturated/α-hetero) is 2. The minimum atomic E-state index is -0.384. The van der Waals surface area contributed by atoms with Crippen LogP contribution in [0.2, 0.25) is 0 Å². The standard InChI is InChI=1S/C21H20FNO3/c22-17-10-6-14(7-11-17)19(24)2-1-3-20(25)23-18-12-8-16(9-13-18)21(26)15-4-5-15/h6-13,15H,1-5H2,(H,23,25). The molecule has 2 aromatic rings. The van der Waals surface area contributed by atoms with E-state index in [9.17, 15) is 18.8 Å². The fraction of sp³-hybridized carbons (Fsp3) is 0.286. The molecule has 4 nitrogen and oxygen atoms in total. The van der Waals surface area contributed by atoms with Gasteiger partial charge in [-0.25, -0.2) is 4.39 Å². The van der Waals surface area contributed by atoms with Crippen LogP contribution >= 0.6 is 0 Å². The van der Waals surface area contributed by atoms with Crippen molar-refractivity contribution in [1.82, 2.24) is 0 Å². The van der Waals surface area contributed by atoms with Crippen LogP contribution in [0.1, 0.15) is 52.8 Å². The Morgan fingerprint density at radius 2 is 1.50 bits per heavy atom. The van der Waals surface area contributed by atoms with E-state index >= 15 is 0 Å². The Hall–Kier alpha value is -2.82. The van der Waals surface area contributed by atoms with Crippen LogP contribution in [0.25, 0.3) is 0 Å². The van der Waals surface area contributed by atoms with Crippen LogP contribution < -0.4 is 5.32 Å². The van der Waals surface area contributed by atoms with Gasteiger partial charge in [0.1, 0.15) is 5.82 Å². The number of carbonyl (C=O) groups is 3. The minimum Gasteiger partial charge on any atom is -0.326 e. The molecular weight excluding hydrogens is 333 g/mol. The lowest BCUT2D eigenvalue weighted by Crippen LogP contribution is -2.12. The number of benzene rings is 2. The molecule has 0 spiro atoms. The lowest BCUT2D eigenvalue weighted by Gasteiger charge is -2.06. The number of nitrogens with one attached hydrogen (secondary N) is 1. The molecule has 0 bridgehead atoms. The zero-order chi connectivity index (χ0) is 18.5. The maximum atomic E-state index is 12.8. The number of ketones is 2. The van der Waals surface area contributed by atoms with Crippen molar-refractivity contribution in [2.24, 2.45) is 5.92 Å². The van der Waals surface area contributed by atoms with Crippen molar-refractivity contribution in [3.8, 4) is 0 Å². The van der Waals surface area contributed by atoms with Gasteiger partial charge in [0, 0.05) is 35.6 Å². The van der Waals surface area contributed by atoms with Gasteiger partial charge in [-0.3, -0.25) is 14.4 Å². The molecule has 0 radical (unpaired) electrons. The first-order valence-electron chi connectivity index (χ1n) is 8.76. The second-order valence-electron chi connectivity index (χ2n) is 6.55. The Labute approximate surface area is 151 Å². The van der Waals surface area contributed by atoms with Crippen molar-refractivity contribution in [2.75, 3.05) is 5.32 Å². The Morgan fingerprint density at radius 1 is 0.885 bits per heavy atom. The summed E-state index contributed by atoms with van der Waals surface area (Å²) in [4.78, 5) is 35.9. The summed E-state index contributed by atoms with van der Waals surface area (Å²) in [6.45, 7) is 0. The average molecular weight is 353 g/mol. The molecule has 1 amide bonds. The monoisotopic (exact) mass is 353 g/mol. The first-order chi connectivity index (χ1) is 12.5. The third-order valence-electron chi connectivity index (χ3n) is 4.38. The number of hydrogen-bond donors (Lipinski definition) is 1. The molecule has 0 aromatic heterocycles. The highest BCUT2D eigenvalue weighted by Crippen LogP contribution is 2.32. The van der Waals surface area contributed by atoms with Gasteiger partial charge in [0.25, 0.3) is 0 Å². The van der Waals surface area contributed by atoms with Crippen molar-refractivity contribution >= 4 is 23.2 Å². The van der Waals surface area contributed by atoms with Gasteiger partial charge in [-0.1, -0.05) is 0 Å². The Kier molecular flexibility index (Phi) is 5.56. The van der Waals surface area contributed by atoms with Crippen LogP contribution in [0.15, 0.2) is 48.5 Å². The number of halogens is 1. The van der Waals surface area contributed by atoms with E-state index in [0.717, 1.165) is 12.8 Å². The van der Waals surface area contributed by atoms with Crippen molar-refractivity contribution in [3.05, 3.63) is 65.5 Å². The van der Waals surface area contributed by atoms with Gasteiger partial charge in [0.2, 0.25) is 5.91 Å². The zero-order valence-electron chi connectivity index (χ0n) is 14.3. The first kappa shape index (κ1) is 18.0. The maximum absolute atomic E-state index is 12.8. The third kappa shape index (κ3) is 4.85. The summed E-state index contributed by atoms with van der Waals surface area (Å²) in [5.41, 5.74) is 1.75. The molecule has 1 aliphatic rings. The molecule has 0 aliphatic heterocycles. The molecule has 5 heteroatoms. The van der Waals surface area contributed by atoms with E-state index in [1.807, 2.05) is 0 Å². The van der Waals surface area contributed by atoms with E-state index in [0.29, 0.717) is 23.2 Å². The lowest BCUT2D eigenvalue weighted by molar-refractivity contribution is -0.116. The third-order valence-corrected chi connectivity index (χ3v) is 4.38. The van der Waals surface area contributed by atoms with Crippen molar-refractivity contribution < 1.29 is 18.8 Å². The number of carbonyl (C=O) groups excluding carboxylic acids is 3. The summed E-state index contributed by atoms with van der Waals surface area (Å²) < 4.78 is 12.8. The summed E-state index contributed by atoms with van der Waals surface area (Å²) in [5, 5.41) is 2.76. The highest BCUT2D eigenvalue weighted by molar-refractivity contribution is 6.00. The summed E-state index contributed by atoms with van der Waals surface area (Å²) in [7, 11) is 0. The number of hydrogen-bond acceptors (Lipinski definition) is 3. The predicted molar refractivity (Wildman–Crippen MR) is 96.7 cm³/mol. The Bertz CT molecular complexity index is 808. The van der Waals surface area contributed by atoms with E-state index in [-0.39, 0.29) is 42.1 Å². The fourth-order valence-electron chi connectivity index (χ4n) is 2.71. The molecule has 1 aliphatic carbocycles. The van der Waals surface area contributed by atoms with Crippen LogP contribution in [0.4, 0.5) is 10.1 Å². The smallest absolute Gasteiger partial charge is 0.224 e. The van der Waals surface area contributed by atoms with Gasteiger partial charge in [-0.05, 0) is 67.8 Å². The van der Waals surface area contributed by atoms with Crippen LogP contribution in [0.5, 0.6) is 0 Å². The zero-order valence-corrected chi connectivity index (χ0v) is 14.3. The quantitative estimate of drug-likeness (QED) is 0.715. The highest BCUT2D eigenvalue weighted by atomic mass is 19.1. The topological polar surface area (TPSA) is 63.2 Å². The Morgan fingerprint density at radius 3 is 2.12 bits per heavy atom. The van der Waals surface area contributed by atoms with Crippen LogP contribution in [-0.4, -0.2) is 17.5 Å². The summed E-state index contributed by atoms with van der Waals surface area (Å²) in [6.07, 6.45) is 2.80. The summed E-state index contributed by atoms with van der Waals surface area (Å²) in [6, 6.07) is 12.3. The molecule has 0 saturated heterocycles. The fourth-order valence-corrected chi connectivity index (χ4v) is 2.71. The largest absolute Gasteiger partial charge is 0.326 e. The molecule has 0 atom stereocenters. The van der Waals surface area contributed by atoms with Crippen molar-refractivity contribution in [3.63, 3.8) is 0 Å². The molecule has 2 aromatic carbocycles. The second kappa shape index (κ2) is 8.04. The SMILES string of the molecule is O=C(CCCC(=O)c1ccc(F)cc1)Nc1ccc(C(=O)C2CC2)cc1. The maximum Gasteiger partial charge on any atom is 0.224 e. The second-order valence-corrected chi connectivity index (χ2v) is 6.55. The molecular formula is C21H20FNO3. The van der Waals surface area contributed by atoms with Gasteiger partial charge in [-0.15, -0.1) is 0 Å².